The molecule has 1 heterocycles. The molecular weight excluding hydrogens is 330 g/mol. The number of rotatable bonds is 4. The number of hydrogen-bond acceptors (Lipinski definition) is 4. The molecule has 118 valence electrons. The van der Waals surface area contributed by atoms with E-state index in [1.165, 1.54) is 5.56 Å². The van der Waals surface area contributed by atoms with E-state index in [0.29, 0.717) is 18.6 Å². The lowest BCUT2D eigenvalue weighted by molar-refractivity contribution is 0.0346. The van der Waals surface area contributed by atoms with Gasteiger partial charge in [-0.15, -0.1) is 0 Å². The number of hydrogen-bond donors (Lipinski definition) is 1. The van der Waals surface area contributed by atoms with Crippen molar-refractivity contribution in [2.45, 2.75) is 32.0 Å². The molecule has 0 amide bonds. The number of benzene rings is 1. The molecule has 0 radical (unpaired) electrons. The van der Waals surface area contributed by atoms with Gasteiger partial charge in [0.25, 0.3) is 0 Å². The average Bonchev–Trinajstić information content (AvgIpc) is 2.46. The van der Waals surface area contributed by atoms with Crippen molar-refractivity contribution in [2.75, 3.05) is 33.8 Å². The van der Waals surface area contributed by atoms with Gasteiger partial charge in [0.1, 0.15) is 5.75 Å². The first-order valence-corrected chi connectivity index (χ1v) is 8.26. The largest absolute Gasteiger partial charge is 0.496 e. The molecule has 1 aliphatic rings. The molecule has 21 heavy (non-hydrogen) atoms. The van der Waals surface area contributed by atoms with Gasteiger partial charge >= 0.3 is 0 Å². The van der Waals surface area contributed by atoms with Crippen LogP contribution in [0.3, 0.4) is 0 Å². The maximum Gasteiger partial charge on any atom is 0.123 e. The van der Waals surface area contributed by atoms with E-state index in [0.717, 1.165) is 23.3 Å². The van der Waals surface area contributed by atoms with E-state index in [1.807, 2.05) is 12.1 Å². The van der Waals surface area contributed by atoms with Gasteiger partial charge in [-0.25, -0.2) is 0 Å². The molecule has 0 aliphatic carbocycles. The maximum absolute atomic E-state index is 6.11. The van der Waals surface area contributed by atoms with Crippen molar-refractivity contribution < 1.29 is 4.74 Å². The second-order valence-electron chi connectivity index (χ2n) is 5.96. The van der Waals surface area contributed by atoms with E-state index in [-0.39, 0.29) is 6.04 Å². The standard InChI is InChI=1S/C16H26BrN3O/c1-11-9-20(10-12(2)19(11)3)15(8-18)14-7-13(17)5-6-16(14)21-4/h5-7,11-12,15H,8-10,18H2,1-4H3. The molecule has 1 fully saturated rings. The average molecular weight is 356 g/mol. The van der Waals surface area contributed by atoms with Crippen LogP contribution in [0.2, 0.25) is 0 Å². The molecule has 1 saturated heterocycles. The molecule has 5 heteroatoms. The molecule has 1 aliphatic heterocycles. The fraction of sp³-hybridized carbons (Fsp3) is 0.625. The lowest BCUT2D eigenvalue weighted by Crippen LogP contribution is -2.56. The molecule has 0 bridgehead atoms. The Bertz CT molecular complexity index is 471. The zero-order chi connectivity index (χ0) is 15.6. The van der Waals surface area contributed by atoms with E-state index in [2.05, 4.69) is 52.7 Å². The van der Waals surface area contributed by atoms with Gasteiger partial charge in [-0.05, 0) is 39.1 Å². The van der Waals surface area contributed by atoms with E-state index < -0.39 is 0 Å². The van der Waals surface area contributed by atoms with Crippen molar-refractivity contribution in [1.29, 1.82) is 0 Å². The molecule has 4 nitrogen and oxygen atoms in total. The minimum Gasteiger partial charge on any atom is -0.496 e. The first-order valence-electron chi connectivity index (χ1n) is 7.47. The van der Waals surface area contributed by atoms with Gasteiger partial charge in [-0.1, -0.05) is 15.9 Å². The topological polar surface area (TPSA) is 41.7 Å². The van der Waals surface area contributed by atoms with Gasteiger partial charge in [-0.3, -0.25) is 9.80 Å². The number of likely N-dealkylation sites (N-methyl/N-ethyl adjacent to an activating group) is 1. The fourth-order valence-corrected chi connectivity index (χ4v) is 3.52. The van der Waals surface area contributed by atoms with Gasteiger partial charge in [0, 0.05) is 41.8 Å². The molecular formula is C16H26BrN3O. The zero-order valence-corrected chi connectivity index (χ0v) is 14.9. The monoisotopic (exact) mass is 355 g/mol. The highest BCUT2D eigenvalue weighted by Gasteiger charge is 2.32. The fourth-order valence-electron chi connectivity index (χ4n) is 3.14. The highest BCUT2D eigenvalue weighted by molar-refractivity contribution is 9.10. The van der Waals surface area contributed by atoms with Crippen molar-refractivity contribution in [2.24, 2.45) is 5.73 Å². The van der Waals surface area contributed by atoms with Gasteiger partial charge in [0.2, 0.25) is 0 Å². The van der Waals surface area contributed by atoms with Crippen molar-refractivity contribution in [3.05, 3.63) is 28.2 Å². The summed E-state index contributed by atoms with van der Waals surface area (Å²) >= 11 is 3.56. The van der Waals surface area contributed by atoms with Crippen molar-refractivity contribution in [3.8, 4) is 5.75 Å². The number of nitrogens with zero attached hydrogens (tertiary/aromatic N) is 2. The molecule has 0 saturated carbocycles. The summed E-state index contributed by atoms with van der Waals surface area (Å²) in [6.45, 7) is 7.19. The smallest absolute Gasteiger partial charge is 0.123 e. The van der Waals surface area contributed by atoms with Crippen LogP contribution in [-0.4, -0.2) is 55.7 Å². The van der Waals surface area contributed by atoms with E-state index in [1.54, 1.807) is 7.11 Å². The van der Waals surface area contributed by atoms with Crippen molar-refractivity contribution in [1.82, 2.24) is 9.80 Å². The van der Waals surface area contributed by atoms with Crippen LogP contribution in [-0.2, 0) is 0 Å². The van der Waals surface area contributed by atoms with E-state index in [4.69, 9.17) is 10.5 Å². The Balaban J connectivity index is 2.29. The Morgan fingerprint density at radius 1 is 1.33 bits per heavy atom. The molecule has 2 N–H and O–H groups in total. The third-order valence-electron chi connectivity index (χ3n) is 4.60. The SMILES string of the molecule is COc1ccc(Br)cc1C(CN)N1CC(C)N(C)C(C)C1. The van der Waals surface area contributed by atoms with Crippen LogP contribution in [0, 0.1) is 0 Å². The lowest BCUT2D eigenvalue weighted by atomic mass is 10.00. The normalized spacial score (nSPS) is 25.8. The van der Waals surface area contributed by atoms with Gasteiger partial charge in [0.05, 0.1) is 13.2 Å². The number of piperazine rings is 1. The summed E-state index contributed by atoms with van der Waals surface area (Å²) in [6, 6.07) is 7.39. The van der Waals surface area contributed by atoms with Gasteiger partial charge in [0.15, 0.2) is 0 Å². The first kappa shape index (κ1) is 16.7. The summed E-state index contributed by atoms with van der Waals surface area (Å²) in [5, 5.41) is 0. The Kier molecular flexibility index (Phi) is 5.66. The predicted molar refractivity (Wildman–Crippen MR) is 90.7 cm³/mol. The van der Waals surface area contributed by atoms with E-state index in [9.17, 15) is 0 Å². The predicted octanol–water partition coefficient (Wildman–Crippen LogP) is 2.48. The molecule has 0 aromatic heterocycles. The second-order valence-corrected chi connectivity index (χ2v) is 6.87. The number of methoxy groups -OCH3 is 1. The van der Waals surface area contributed by atoms with Crippen LogP contribution in [0.25, 0.3) is 0 Å². The third kappa shape index (κ3) is 3.59. The summed E-state index contributed by atoms with van der Waals surface area (Å²) in [4.78, 5) is 4.92. The molecule has 0 spiro atoms. The lowest BCUT2D eigenvalue weighted by Gasteiger charge is -2.45. The molecule has 1 aromatic rings. The number of ether oxygens (including phenoxy) is 1. The highest BCUT2D eigenvalue weighted by atomic mass is 79.9. The summed E-state index contributed by atoms with van der Waals surface area (Å²) in [7, 11) is 3.92. The minimum absolute atomic E-state index is 0.191. The maximum atomic E-state index is 6.11. The molecule has 2 rings (SSSR count). The number of halogens is 1. The zero-order valence-electron chi connectivity index (χ0n) is 13.3. The first-order chi connectivity index (χ1) is 9.97. The summed E-state index contributed by atoms with van der Waals surface area (Å²) < 4.78 is 6.60. The molecule has 3 atom stereocenters. The number of nitrogens with two attached hydrogens (primary N) is 1. The molecule has 3 unspecified atom stereocenters. The molecule has 1 aromatic carbocycles. The van der Waals surface area contributed by atoms with Crippen LogP contribution < -0.4 is 10.5 Å². The van der Waals surface area contributed by atoms with Crippen LogP contribution in [0.1, 0.15) is 25.5 Å². The van der Waals surface area contributed by atoms with Crippen LogP contribution >= 0.6 is 15.9 Å². The van der Waals surface area contributed by atoms with Crippen LogP contribution in [0.15, 0.2) is 22.7 Å². The van der Waals surface area contributed by atoms with Crippen molar-refractivity contribution >= 4 is 15.9 Å². The Morgan fingerprint density at radius 3 is 2.48 bits per heavy atom. The minimum atomic E-state index is 0.191. The summed E-state index contributed by atoms with van der Waals surface area (Å²) in [5.41, 5.74) is 7.27. The Morgan fingerprint density at radius 2 is 1.95 bits per heavy atom. The summed E-state index contributed by atoms with van der Waals surface area (Å²) in [6.07, 6.45) is 0. The Hall–Kier alpha value is -0.620. The van der Waals surface area contributed by atoms with Gasteiger partial charge in [-0.2, -0.15) is 0 Å². The van der Waals surface area contributed by atoms with Gasteiger partial charge < -0.3 is 10.5 Å². The second kappa shape index (κ2) is 7.09. The van der Waals surface area contributed by atoms with Crippen molar-refractivity contribution in [3.63, 3.8) is 0 Å². The highest BCUT2D eigenvalue weighted by Crippen LogP contribution is 2.33. The third-order valence-corrected chi connectivity index (χ3v) is 5.10. The Labute approximate surface area is 136 Å². The quantitative estimate of drug-likeness (QED) is 0.900. The van der Waals surface area contributed by atoms with Crippen LogP contribution in [0.5, 0.6) is 5.75 Å². The van der Waals surface area contributed by atoms with E-state index >= 15 is 0 Å². The summed E-state index contributed by atoms with van der Waals surface area (Å²) in [5.74, 6) is 0.910. The van der Waals surface area contributed by atoms with Crippen LogP contribution in [0.4, 0.5) is 0 Å².